The summed E-state index contributed by atoms with van der Waals surface area (Å²) in [5, 5.41) is 4.04. The van der Waals surface area contributed by atoms with Crippen molar-refractivity contribution in [2.45, 2.75) is 52.6 Å². The molecule has 0 aliphatic carbocycles. The van der Waals surface area contributed by atoms with Gasteiger partial charge >= 0.3 is 0 Å². The molecule has 166 valence electrons. The Morgan fingerprint density at radius 3 is 2.19 bits per heavy atom. The Morgan fingerprint density at radius 2 is 1.65 bits per heavy atom. The molecule has 31 heavy (non-hydrogen) atoms. The zero-order valence-electron chi connectivity index (χ0n) is 19.5. The Balaban J connectivity index is 1.86. The van der Waals surface area contributed by atoms with Crippen LogP contribution in [0.25, 0.3) is 10.9 Å². The Kier molecular flexibility index (Phi) is 6.70. The van der Waals surface area contributed by atoms with Crippen LogP contribution in [-0.2, 0) is 12.0 Å². The van der Waals surface area contributed by atoms with Crippen LogP contribution in [-0.4, -0.2) is 24.2 Å². The molecule has 0 saturated heterocycles. The average molecular weight is 424 g/mol. The molecule has 0 radical (unpaired) electrons. The van der Waals surface area contributed by atoms with Crippen LogP contribution in [0.1, 0.15) is 57.6 Å². The van der Waals surface area contributed by atoms with Gasteiger partial charge in [-0.1, -0.05) is 58.9 Å². The van der Waals surface area contributed by atoms with Crippen LogP contribution in [0.4, 0.5) is 0 Å². The molecule has 3 aromatic rings. The predicted molar refractivity (Wildman–Crippen MR) is 125 cm³/mol. The van der Waals surface area contributed by atoms with E-state index in [1.165, 1.54) is 11.1 Å². The molecule has 1 heterocycles. The highest BCUT2D eigenvalue weighted by atomic mass is 16.5. The molecule has 6 nitrogen and oxygen atoms in total. The van der Waals surface area contributed by atoms with Crippen molar-refractivity contribution in [1.29, 1.82) is 0 Å². The van der Waals surface area contributed by atoms with Crippen molar-refractivity contribution >= 4 is 10.9 Å². The second-order valence-corrected chi connectivity index (χ2v) is 9.21. The van der Waals surface area contributed by atoms with Crippen LogP contribution in [0.5, 0.6) is 11.5 Å². The molecule has 2 N–H and O–H groups in total. The molecule has 6 heteroatoms. The normalized spacial score (nSPS) is 12.9. The lowest BCUT2D eigenvalue weighted by atomic mass is 9.85. The van der Waals surface area contributed by atoms with E-state index < -0.39 is 0 Å². The second kappa shape index (κ2) is 9.10. The van der Waals surface area contributed by atoms with Crippen molar-refractivity contribution in [1.82, 2.24) is 15.3 Å². The van der Waals surface area contributed by atoms with Crippen molar-refractivity contribution in [3.63, 3.8) is 0 Å². The lowest BCUT2D eigenvalue weighted by Gasteiger charge is -2.25. The second-order valence-electron chi connectivity index (χ2n) is 9.21. The minimum atomic E-state index is -0.196. The molecule has 0 unspecified atom stereocenters. The SMILES string of the molecule is COc1cc2nc(CN[C@@H](c3ccc(C(C)(C)C)cc3)C(C)C)[nH]c(=O)c2cc1OC. The highest BCUT2D eigenvalue weighted by Crippen LogP contribution is 2.30. The Bertz CT molecular complexity index is 1100. The van der Waals surface area contributed by atoms with Crippen LogP contribution < -0.4 is 20.3 Å². The largest absolute Gasteiger partial charge is 0.493 e. The van der Waals surface area contributed by atoms with Crippen molar-refractivity contribution in [2.24, 2.45) is 5.92 Å². The molecule has 0 bridgehead atoms. The van der Waals surface area contributed by atoms with Gasteiger partial charge in [0.15, 0.2) is 11.5 Å². The minimum absolute atomic E-state index is 0.123. The third kappa shape index (κ3) is 5.07. The molecule has 0 saturated carbocycles. The van der Waals surface area contributed by atoms with Crippen LogP contribution in [0.3, 0.4) is 0 Å². The van der Waals surface area contributed by atoms with Gasteiger partial charge in [-0.3, -0.25) is 4.79 Å². The van der Waals surface area contributed by atoms with Gasteiger partial charge in [0.1, 0.15) is 5.82 Å². The maximum Gasteiger partial charge on any atom is 0.258 e. The van der Waals surface area contributed by atoms with E-state index in [0.717, 1.165) is 0 Å². The van der Waals surface area contributed by atoms with E-state index in [1.807, 2.05) is 0 Å². The van der Waals surface area contributed by atoms with Gasteiger partial charge in [-0.05, 0) is 28.5 Å². The summed E-state index contributed by atoms with van der Waals surface area (Å²) in [5.74, 6) is 2.01. The molecular formula is C25H33N3O3. The van der Waals surface area contributed by atoms with Crippen molar-refractivity contribution in [2.75, 3.05) is 14.2 Å². The van der Waals surface area contributed by atoms with Crippen molar-refractivity contribution < 1.29 is 9.47 Å². The van der Waals surface area contributed by atoms with Gasteiger partial charge in [0.2, 0.25) is 0 Å². The van der Waals surface area contributed by atoms with Gasteiger partial charge in [-0.15, -0.1) is 0 Å². The lowest BCUT2D eigenvalue weighted by Crippen LogP contribution is -2.27. The molecule has 0 aliphatic rings. The molecule has 1 aromatic heterocycles. The first kappa shape index (κ1) is 22.8. The molecule has 0 amide bonds. The number of aromatic nitrogens is 2. The summed E-state index contributed by atoms with van der Waals surface area (Å²) in [4.78, 5) is 20.2. The smallest absolute Gasteiger partial charge is 0.258 e. The number of nitrogens with zero attached hydrogens (tertiary/aromatic N) is 1. The van der Waals surface area contributed by atoms with E-state index in [2.05, 4.69) is 74.2 Å². The summed E-state index contributed by atoms with van der Waals surface area (Å²) in [6, 6.07) is 12.3. The number of aromatic amines is 1. The number of ether oxygens (including phenoxy) is 2. The van der Waals surface area contributed by atoms with E-state index >= 15 is 0 Å². The van der Waals surface area contributed by atoms with E-state index in [-0.39, 0.29) is 17.0 Å². The molecule has 2 aromatic carbocycles. The van der Waals surface area contributed by atoms with E-state index in [9.17, 15) is 4.79 Å². The highest BCUT2D eigenvalue weighted by molar-refractivity contribution is 5.81. The minimum Gasteiger partial charge on any atom is -0.493 e. The summed E-state index contributed by atoms with van der Waals surface area (Å²) < 4.78 is 10.6. The lowest BCUT2D eigenvalue weighted by molar-refractivity contribution is 0.355. The van der Waals surface area contributed by atoms with Gasteiger partial charge in [-0.2, -0.15) is 0 Å². The van der Waals surface area contributed by atoms with Crippen LogP contribution >= 0.6 is 0 Å². The molecule has 1 atom stereocenters. The number of benzene rings is 2. The first-order valence-electron chi connectivity index (χ1n) is 10.6. The summed E-state index contributed by atoms with van der Waals surface area (Å²) >= 11 is 0. The Morgan fingerprint density at radius 1 is 1.03 bits per heavy atom. The first-order chi connectivity index (χ1) is 14.6. The average Bonchev–Trinajstić information content (AvgIpc) is 2.72. The fraction of sp³-hybridized carbons (Fsp3) is 0.440. The zero-order valence-corrected chi connectivity index (χ0v) is 19.5. The molecule has 0 fully saturated rings. The van der Waals surface area contributed by atoms with Crippen molar-refractivity contribution in [3.05, 3.63) is 63.7 Å². The predicted octanol–water partition coefficient (Wildman–Crippen LogP) is 4.72. The molecular weight excluding hydrogens is 390 g/mol. The van der Waals surface area contributed by atoms with E-state index in [4.69, 9.17) is 9.47 Å². The van der Waals surface area contributed by atoms with E-state index in [0.29, 0.717) is 40.7 Å². The fourth-order valence-corrected chi connectivity index (χ4v) is 3.73. The Labute approximate surface area is 184 Å². The number of hydrogen-bond acceptors (Lipinski definition) is 5. The quantitative estimate of drug-likeness (QED) is 0.575. The third-order valence-electron chi connectivity index (χ3n) is 5.55. The fourth-order valence-electron chi connectivity index (χ4n) is 3.73. The summed E-state index contributed by atoms with van der Waals surface area (Å²) in [6.07, 6.45) is 0. The van der Waals surface area contributed by atoms with Crippen LogP contribution in [0, 0.1) is 5.92 Å². The summed E-state index contributed by atoms with van der Waals surface area (Å²) in [5.41, 5.74) is 3.03. The number of fused-ring (bicyclic) bond motifs is 1. The van der Waals surface area contributed by atoms with Crippen LogP contribution in [0.15, 0.2) is 41.2 Å². The third-order valence-corrected chi connectivity index (χ3v) is 5.55. The van der Waals surface area contributed by atoms with E-state index in [1.54, 1.807) is 26.4 Å². The number of hydrogen-bond donors (Lipinski definition) is 2. The number of H-pyrrole nitrogens is 1. The van der Waals surface area contributed by atoms with Crippen LogP contribution in [0.2, 0.25) is 0 Å². The first-order valence-corrected chi connectivity index (χ1v) is 10.6. The maximum atomic E-state index is 12.6. The Hall–Kier alpha value is -2.86. The highest BCUT2D eigenvalue weighted by Gasteiger charge is 2.19. The summed E-state index contributed by atoms with van der Waals surface area (Å²) in [7, 11) is 3.11. The molecule has 0 aliphatic heterocycles. The van der Waals surface area contributed by atoms with Gasteiger partial charge in [-0.25, -0.2) is 4.98 Å². The topological polar surface area (TPSA) is 76.2 Å². The van der Waals surface area contributed by atoms with Crippen molar-refractivity contribution in [3.8, 4) is 11.5 Å². The maximum absolute atomic E-state index is 12.6. The van der Waals surface area contributed by atoms with Gasteiger partial charge in [0.25, 0.3) is 5.56 Å². The van der Waals surface area contributed by atoms with Gasteiger partial charge in [0.05, 0.1) is 31.7 Å². The standard InChI is InChI=1S/C25H33N3O3/c1-15(2)23(16-8-10-17(11-9-16)25(3,4)5)26-14-22-27-19-13-21(31-7)20(30-6)12-18(19)24(29)28-22/h8-13,15,23,26H,14H2,1-7H3,(H,27,28,29)/t23-/m1/s1. The van der Waals surface area contributed by atoms with Gasteiger partial charge < -0.3 is 19.8 Å². The number of rotatable bonds is 7. The number of methoxy groups -OCH3 is 2. The summed E-state index contributed by atoms with van der Waals surface area (Å²) in [6.45, 7) is 11.5. The monoisotopic (exact) mass is 423 g/mol. The zero-order chi connectivity index (χ0) is 22.8. The van der Waals surface area contributed by atoms with Gasteiger partial charge in [0, 0.05) is 12.1 Å². The molecule has 0 spiro atoms. The number of nitrogens with one attached hydrogen (secondary N) is 2. The molecule has 3 rings (SSSR count).